The maximum absolute atomic E-state index is 11.9. The van der Waals surface area contributed by atoms with Gasteiger partial charge in [-0.15, -0.1) is 0 Å². The summed E-state index contributed by atoms with van der Waals surface area (Å²) in [7, 11) is 0. The molecule has 0 radical (unpaired) electrons. The van der Waals surface area contributed by atoms with E-state index >= 15 is 0 Å². The van der Waals surface area contributed by atoms with E-state index in [2.05, 4.69) is 10.6 Å². The number of nitrogens with zero attached hydrogens (tertiary/aromatic N) is 1. The number of nitrogens with one attached hydrogen (secondary N) is 2. The van der Waals surface area contributed by atoms with Gasteiger partial charge in [-0.2, -0.15) is 0 Å². The Kier molecular flexibility index (Phi) is 4.95. The minimum Gasteiger partial charge on any atom is -0.444 e. The molecular formula is C12H23N3O3. The molecule has 1 fully saturated rings. The zero-order valence-electron chi connectivity index (χ0n) is 11.6. The molecule has 1 atom stereocenters. The van der Waals surface area contributed by atoms with Crippen molar-refractivity contribution in [2.24, 2.45) is 0 Å². The third-order valence-corrected chi connectivity index (χ3v) is 2.49. The Balaban J connectivity index is 2.53. The summed E-state index contributed by atoms with van der Waals surface area (Å²) in [6, 6.07) is -0.355. The van der Waals surface area contributed by atoms with Crippen LogP contribution in [0.5, 0.6) is 0 Å². The Bertz CT molecular complexity index is 312. The van der Waals surface area contributed by atoms with Gasteiger partial charge in [0.1, 0.15) is 11.6 Å². The van der Waals surface area contributed by atoms with Crippen molar-refractivity contribution in [1.29, 1.82) is 0 Å². The molecule has 104 valence electrons. The molecule has 1 unspecified atom stereocenters. The molecular weight excluding hydrogens is 234 g/mol. The first kappa shape index (κ1) is 14.8. The summed E-state index contributed by atoms with van der Waals surface area (Å²) in [5.41, 5.74) is -0.511. The summed E-state index contributed by atoms with van der Waals surface area (Å²) < 4.78 is 5.29. The van der Waals surface area contributed by atoms with Gasteiger partial charge in [-0.25, -0.2) is 4.79 Å². The van der Waals surface area contributed by atoms with Crippen molar-refractivity contribution >= 4 is 12.0 Å². The number of amides is 2. The van der Waals surface area contributed by atoms with Crippen LogP contribution in [-0.4, -0.2) is 54.7 Å². The van der Waals surface area contributed by atoms with E-state index in [0.29, 0.717) is 26.2 Å². The summed E-state index contributed by atoms with van der Waals surface area (Å²) in [6.45, 7) is 9.44. The largest absolute Gasteiger partial charge is 0.444 e. The number of carbonyl (C=O) groups excluding carboxylic acids is 2. The highest BCUT2D eigenvalue weighted by Crippen LogP contribution is 2.11. The van der Waals surface area contributed by atoms with E-state index in [1.165, 1.54) is 0 Å². The second-order valence-corrected chi connectivity index (χ2v) is 5.33. The molecule has 0 bridgehead atoms. The average molecular weight is 257 g/mol. The van der Waals surface area contributed by atoms with Crippen LogP contribution in [0, 0.1) is 0 Å². The first-order valence-electron chi connectivity index (χ1n) is 6.32. The van der Waals surface area contributed by atoms with Gasteiger partial charge in [-0.1, -0.05) is 0 Å². The third kappa shape index (κ3) is 4.52. The molecule has 1 rings (SSSR count). The number of hydrogen-bond acceptors (Lipinski definition) is 4. The highest BCUT2D eigenvalue weighted by atomic mass is 16.6. The van der Waals surface area contributed by atoms with E-state index in [0.717, 1.165) is 0 Å². The Morgan fingerprint density at radius 1 is 1.44 bits per heavy atom. The van der Waals surface area contributed by atoms with Crippen molar-refractivity contribution in [3.05, 3.63) is 0 Å². The lowest BCUT2D eigenvalue weighted by Crippen LogP contribution is -2.58. The highest BCUT2D eigenvalue weighted by molar-refractivity contribution is 5.83. The first-order valence-corrected chi connectivity index (χ1v) is 6.32. The maximum Gasteiger partial charge on any atom is 0.410 e. The van der Waals surface area contributed by atoms with Crippen molar-refractivity contribution in [2.45, 2.75) is 39.3 Å². The van der Waals surface area contributed by atoms with E-state index in [1.54, 1.807) is 4.90 Å². The van der Waals surface area contributed by atoms with E-state index < -0.39 is 5.60 Å². The van der Waals surface area contributed by atoms with Crippen molar-refractivity contribution in [3.8, 4) is 0 Å². The number of likely N-dealkylation sites (N-methyl/N-ethyl adjacent to an activating group) is 1. The van der Waals surface area contributed by atoms with E-state index in [9.17, 15) is 9.59 Å². The van der Waals surface area contributed by atoms with Gasteiger partial charge in [-0.05, 0) is 27.7 Å². The van der Waals surface area contributed by atoms with Gasteiger partial charge >= 0.3 is 6.09 Å². The number of ether oxygens (including phenoxy) is 1. The zero-order valence-corrected chi connectivity index (χ0v) is 11.6. The van der Waals surface area contributed by atoms with Crippen LogP contribution in [0.2, 0.25) is 0 Å². The summed E-state index contributed by atoms with van der Waals surface area (Å²) >= 11 is 0. The topological polar surface area (TPSA) is 70.7 Å². The second kappa shape index (κ2) is 6.04. The molecule has 0 spiro atoms. The lowest BCUT2D eigenvalue weighted by Gasteiger charge is -2.34. The Hall–Kier alpha value is -1.30. The van der Waals surface area contributed by atoms with Gasteiger partial charge in [0.15, 0.2) is 0 Å². The molecule has 0 aromatic carbocycles. The molecule has 6 heteroatoms. The molecule has 1 aliphatic rings. The number of carbonyl (C=O) groups is 2. The van der Waals surface area contributed by atoms with Crippen molar-refractivity contribution < 1.29 is 14.3 Å². The molecule has 6 nitrogen and oxygen atoms in total. The molecule has 0 aliphatic carbocycles. The SMILES string of the molecule is CCNC(=O)C1CN(C(=O)OC(C)(C)C)CCN1. The zero-order chi connectivity index (χ0) is 13.8. The monoisotopic (exact) mass is 257 g/mol. The molecule has 0 aromatic heterocycles. The van der Waals surface area contributed by atoms with Crippen LogP contribution in [0.15, 0.2) is 0 Å². The Labute approximate surface area is 108 Å². The molecule has 2 N–H and O–H groups in total. The first-order chi connectivity index (χ1) is 8.33. The molecule has 18 heavy (non-hydrogen) atoms. The maximum atomic E-state index is 11.9. The lowest BCUT2D eigenvalue weighted by molar-refractivity contribution is -0.124. The molecule has 0 saturated carbocycles. The Morgan fingerprint density at radius 3 is 2.67 bits per heavy atom. The van der Waals surface area contributed by atoms with Gasteiger partial charge in [0.05, 0.1) is 0 Å². The van der Waals surface area contributed by atoms with Gasteiger partial charge < -0.3 is 20.3 Å². The summed E-state index contributed by atoms with van der Waals surface area (Å²) in [6.07, 6.45) is -0.363. The van der Waals surface area contributed by atoms with Crippen molar-refractivity contribution in [2.75, 3.05) is 26.2 Å². The molecule has 1 aliphatic heterocycles. The van der Waals surface area contributed by atoms with Gasteiger partial charge in [0.2, 0.25) is 5.91 Å². The third-order valence-electron chi connectivity index (χ3n) is 2.49. The van der Waals surface area contributed by atoms with Crippen LogP contribution >= 0.6 is 0 Å². The van der Waals surface area contributed by atoms with E-state index in [-0.39, 0.29) is 18.0 Å². The van der Waals surface area contributed by atoms with E-state index in [4.69, 9.17) is 4.74 Å². The number of rotatable bonds is 2. The van der Waals surface area contributed by atoms with Crippen molar-refractivity contribution in [1.82, 2.24) is 15.5 Å². The molecule has 1 heterocycles. The van der Waals surface area contributed by atoms with Gasteiger partial charge in [-0.3, -0.25) is 4.79 Å². The predicted molar refractivity (Wildman–Crippen MR) is 68.3 cm³/mol. The fraction of sp³-hybridized carbons (Fsp3) is 0.833. The Morgan fingerprint density at radius 2 is 2.11 bits per heavy atom. The smallest absolute Gasteiger partial charge is 0.410 e. The summed E-state index contributed by atoms with van der Waals surface area (Å²) in [4.78, 5) is 25.2. The van der Waals surface area contributed by atoms with E-state index in [1.807, 2.05) is 27.7 Å². The molecule has 2 amide bonds. The minimum absolute atomic E-state index is 0.0780. The van der Waals surface area contributed by atoms with Crippen LogP contribution in [-0.2, 0) is 9.53 Å². The summed E-state index contributed by atoms with van der Waals surface area (Å²) in [5.74, 6) is -0.0780. The predicted octanol–water partition coefficient (Wildman–Crippen LogP) is 0.331. The van der Waals surface area contributed by atoms with Crippen LogP contribution < -0.4 is 10.6 Å². The number of piperazine rings is 1. The highest BCUT2D eigenvalue weighted by Gasteiger charge is 2.30. The van der Waals surface area contributed by atoms with Gasteiger partial charge in [0.25, 0.3) is 0 Å². The summed E-state index contributed by atoms with van der Waals surface area (Å²) in [5, 5.41) is 5.83. The second-order valence-electron chi connectivity index (χ2n) is 5.33. The standard InChI is InChI=1S/C12H23N3O3/c1-5-13-10(16)9-8-15(7-6-14-9)11(17)18-12(2,3)4/h9,14H,5-8H2,1-4H3,(H,13,16). The number of hydrogen-bond donors (Lipinski definition) is 2. The minimum atomic E-state index is -0.511. The lowest BCUT2D eigenvalue weighted by atomic mass is 10.2. The van der Waals surface area contributed by atoms with Gasteiger partial charge in [0, 0.05) is 26.2 Å². The molecule has 0 aromatic rings. The van der Waals surface area contributed by atoms with Crippen LogP contribution in [0.3, 0.4) is 0 Å². The molecule has 1 saturated heterocycles. The van der Waals surface area contributed by atoms with Crippen molar-refractivity contribution in [3.63, 3.8) is 0 Å². The van der Waals surface area contributed by atoms with Crippen LogP contribution in [0.4, 0.5) is 4.79 Å². The average Bonchev–Trinajstić information content (AvgIpc) is 2.27. The normalized spacial score (nSPS) is 20.4. The quantitative estimate of drug-likeness (QED) is 0.748. The fourth-order valence-corrected chi connectivity index (χ4v) is 1.72. The van der Waals surface area contributed by atoms with Crippen LogP contribution in [0.25, 0.3) is 0 Å². The van der Waals surface area contributed by atoms with Crippen LogP contribution in [0.1, 0.15) is 27.7 Å². The fourth-order valence-electron chi connectivity index (χ4n) is 1.72.